The van der Waals surface area contributed by atoms with Gasteiger partial charge in [0.1, 0.15) is 0 Å². The summed E-state index contributed by atoms with van der Waals surface area (Å²) in [6, 6.07) is 96.6. The van der Waals surface area contributed by atoms with E-state index in [2.05, 4.69) is 316 Å². The molecule has 0 fully saturated rings. The molecule has 2 unspecified atom stereocenters. The summed E-state index contributed by atoms with van der Waals surface area (Å²) in [6.07, 6.45) is 7.66. The minimum Gasteiger partial charge on any atom is -0.309 e. The highest BCUT2D eigenvalue weighted by Crippen LogP contribution is 2.61. The van der Waals surface area contributed by atoms with Gasteiger partial charge in [-0.2, -0.15) is 0 Å². The highest BCUT2D eigenvalue weighted by Gasteiger charge is 2.50. The molecule has 13 aromatic rings. The molecule has 0 amide bonds. The summed E-state index contributed by atoms with van der Waals surface area (Å²) in [7, 11) is 0. The lowest BCUT2D eigenvalue weighted by Gasteiger charge is -2.33. The summed E-state index contributed by atoms with van der Waals surface area (Å²) >= 11 is 0. The first-order chi connectivity index (χ1) is 40.2. The number of allylic oxidation sites excluding steroid dienone is 4. The van der Waals surface area contributed by atoms with E-state index in [1.165, 1.54) is 144 Å². The largest absolute Gasteiger partial charge is 0.309 e. The standard InChI is InChI=1S/C80H60N2/c1-79(2)71-47-58(36-40-62(71)67-49-74-68(50-73(67)79)63-41-37-59(48-72(63)80(74,3)4)57-39-43-78-70(46-57)65-25-15-17-27-76(65)82(78)61-22-12-7-13-23-61)52-30-28-51(29-31-52)44-66(54-18-8-5-9-19-54)55-34-32-53(33-35-55)56-38-42-77-69(45-56)64-24-14-16-26-75(64)81(77)60-20-10-6-11-21-60/h5-50,67,73H,1-4H3/b66-44+. The first-order valence-corrected chi connectivity index (χ1v) is 29.1. The number of para-hydroxylation sites is 4. The van der Waals surface area contributed by atoms with Gasteiger partial charge in [0.25, 0.3) is 0 Å². The Labute approximate surface area is 479 Å². The second kappa shape index (κ2) is 18.4. The monoisotopic (exact) mass is 1050 g/mol. The third-order valence-electron chi connectivity index (χ3n) is 18.8. The van der Waals surface area contributed by atoms with E-state index >= 15 is 0 Å². The molecule has 2 aromatic heterocycles. The lowest BCUT2D eigenvalue weighted by atomic mass is 9.70. The summed E-state index contributed by atoms with van der Waals surface area (Å²) in [6.45, 7) is 9.83. The van der Waals surface area contributed by atoms with Crippen molar-refractivity contribution in [1.29, 1.82) is 0 Å². The highest BCUT2D eigenvalue weighted by atomic mass is 15.0. The molecule has 2 atom stereocenters. The molecule has 0 spiro atoms. The Hall–Kier alpha value is -9.76. The number of rotatable bonds is 8. The molecule has 0 saturated heterocycles. The van der Waals surface area contributed by atoms with Gasteiger partial charge in [-0.05, 0) is 173 Å². The van der Waals surface area contributed by atoms with E-state index in [1.54, 1.807) is 0 Å². The van der Waals surface area contributed by atoms with E-state index in [9.17, 15) is 0 Å². The van der Waals surface area contributed by atoms with E-state index in [0.29, 0.717) is 11.8 Å². The summed E-state index contributed by atoms with van der Waals surface area (Å²) in [4.78, 5) is 0. The van der Waals surface area contributed by atoms with E-state index < -0.39 is 0 Å². The number of fused-ring (bicyclic) bond motifs is 12. The van der Waals surface area contributed by atoms with E-state index in [4.69, 9.17) is 0 Å². The molecule has 11 aromatic carbocycles. The molecule has 0 saturated carbocycles. The zero-order valence-electron chi connectivity index (χ0n) is 46.6. The summed E-state index contributed by atoms with van der Waals surface area (Å²) in [5.74, 6) is 0.682. The van der Waals surface area contributed by atoms with Gasteiger partial charge < -0.3 is 9.13 Å². The molecule has 2 heterocycles. The molecule has 82 heavy (non-hydrogen) atoms. The fraction of sp³-hybridized carbons (Fsp3) is 0.100. The van der Waals surface area contributed by atoms with Crippen LogP contribution in [0.1, 0.15) is 72.6 Å². The first kappa shape index (κ1) is 48.2. The van der Waals surface area contributed by atoms with Gasteiger partial charge in [-0.15, -0.1) is 0 Å². The lowest BCUT2D eigenvalue weighted by Crippen LogP contribution is -2.27. The Balaban J connectivity index is 0.679. The normalized spacial score (nSPS) is 16.7. The molecule has 0 aliphatic heterocycles. The van der Waals surface area contributed by atoms with Gasteiger partial charge in [0, 0.05) is 44.3 Å². The van der Waals surface area contributed by atoms with Crippen LogP contribution in [-0.4, -0.2) is 9.13 Å². The van der Waals surface area contributed by atoms with Crippen molar-refractivity contribution in [1.82, 2.24) is 9.13 Å². The minimum absolute atomic E-state index is 0.0510. The first-order valence-electron chi connectivity index (χ1n) is 29.1. The van der Waals surface area contributed by atoms with Crippen LogP contribution >= 0.6 is 0 Å². The summed E-state index contributed by atoms with van der Waals surface area (Å²) in [5.41, 5.74) is 27.9. The fourth-order valence-electron chi connectivity index (χ4n) is 14.6. The van der Waals surface area contributed by atoms with Gasteiger partial charge in [-0.3, -0.25) is 0 Å². The molecule has 0 bridgehead atoms. The second-order valence-electron chi connectivity index (χ2n) is 24.1. The van der Waals surface area contributed by atoms with Crippen LogP contribution in [0, 0.1) is 5.92 Å². The average molecular weight is 1050 g/mol. The number of hydrogen-bond acceptors (Lipinski definition) is 0. The predicted octanol–water partition coefficient (Wildman–Crippen LogP) is 20.8. The highest BCUT2D eigenvalue weighted by molar-refractivity contribution is 6.12. The van der Waals surface area contributed by atoms with Crippen molar-refractivity contribution in [2.45, 2.75) is 44.4 Å². The Morgan fingerprint density at radius 3 is 1.44 bits per heavy atom. The maximum atomic E-state index is 2.65. The zero-order chi connectivity index (χ0) is 54.8. The van der Waals surface area contributed by atoms with Crippen LogP contribution in [-0.2, 0) is 10.8 Å². The van der Waals surface area contributed by atoms with Crippen LogP contribution in [0.4, 0.5) is 0 Å². The lowest BCUT2D eigenvalue weighted by molar-refractivity contribution is 0.393. The number of benzene rings is 11. The van der Waals surface area contributed by atoms with Gasteiger partial charge >= 0.3 is 0 Å². The van der Waals surface area contributed by atoms with Crippen LogP contribution in [0.15, 0.2) is 279 Å². The molecular formula is C80H60N2. The fourth-order valence-corrected chi connectivity index (χ4v) is 14.6. The average Bonchev–Trinajstić information content (AvgIpc) is 3.39. The molecular weight excluding hydrogens is 989 g/mol. The van der Waals surface area contributed by atoms with Crippen molar-refractivity contribution in [3.63, 3.8) is 0 Å². The van der Waals surface area contributed by atoms with Crippen molar-refractivity contribution >= 4 is 60.8 Å². The zero-order valence-corrected chi connectivity index (χ0v) is 46.6. The molecule has 390 valence electrons. The molecule has 3 aliphatic rings. The Morgan fingerprint density at radius 1 is 0.378 bits per heavy atom. The number of nitrogens with zero attached hydrogens (tertiary/aromatic N) is 2. The van der Waals surface area contributed by atoms with E-state index in [-0.39, 0.29) is 10.8 Å². The topological polar surface area (TPSA) is 9.86 Å². The van der Waals surface area contributed by atoms with Crippen molar-refractivity contribution in [3.8, 4) is 44.8 Å². The Morgan fingerprint density at radius 2 is 0.829 bits per heavy atom. The Kier molecular flexibility index (Phi) is 10.8. The van der Waals surface area contributed by atoms with Crippen molar-refractivity contribution in [3.05, 3.63) is 318 Å². The SMILES string of the molecule is CC1(C)C2=CC3c4ccc(-c5ccc(/C=C(\c6ccccc6)c6ccc(-c7ccc8c(c7)c7ccccc7n8-c7ccccc7)cc6)cc5)cc4C(C)(C)C3C=C2c2ccc(-c3ccc4c(c3)c3ccccc3n4-c3ccccc3)cc21. The molecule has 16 rings (SSSR count). The smallest absolute Gasteiger partial charge is 0.0541 e. The van der Waals surface area contributed by atoms with Gasteiger partial charge in [0.2, 0.25) is 0 Å². The van der Waals surface area contributed by atoms with E-state index in [1.807, 2.05) is 0 Å². The quantitative estimate of drug-likeness (QED) is 0.134. The third-order valence-corrected chi connectivity index (χ3v) is 18.8. The van der Waals surface area contributed by atoms with Crippen molar-refractivity contribution in [2.75, 3.05) is 0 Å². The molecule has 0 radical (unpaired) electrons. The molecule has 3 aliphatic carbocycles. The molecule has 2 heteroatoms. The van der Waals surface area contributed by atoms with Gasteiger partial charge in [-0.25, -0.2) is 0 Å². The van der Waals surface area contributed by atoms with Gasteiger partial charge in [-0.1, -0.05) is 234 Å². The second-order valence-corrected chi connectivity index (χ2v) is 24.1. The number of aromatic nitrogens is 2. The molecule has 2 nitrogen and oxygen atoms in total. The minimum atomic E-state index is -0.134. The van der Waals surface area contributed by atoms with Crippen molar-refractivity contribution in [2.24, 2.45) is 5.92 Å². The van der Waals surface area contributed by atoms with Crippen LogP contribution < -0.4 is 0 Å². The van der Waals surface area contributed by atoms with Gasteiger partial charge in [0.05, 0.1) is 22.1 Å². The maximum Gasteiger partial charge on any atom is 0.0541 e. The maximum absolute atomic E-state index is 2.65. The predicted molar refractivity (Wildman–Crippen MR) is 346 cm³/mol. The van der Waals surface area contributed by atoms with Gasteiger partial charge in [0.15, 0.2) is 0 Å². The van der Waals surface area contributed by atoms with Crippen LogP contribution in [0.5, 0.6) is 0 Å². The third kappa shape index (κ3) is 7.48. The van der Waals surface area contributed by atoms with Crippen molar-refractivity contribution < 1.29 is 0 Å². The molecule has 0 N–H and O–H groups in total. The summed E-state index contributed by atoms with van der Waals surface area (Å²) in [5, 5.41) is 5.08. The van der Waals surface area contributed by atoms with Crippen LogP contribution in [0.2, 0.25) is 0 Å². The summed E-state index contributed by atoms with van der Waals surface area (Å²) < 4.78 is 4.77. The Bertz CT molecular complexity index is 4810. The van der Waals surface area contributed by atoms with Crippen LogP contribution in [0.25, 0.3) is 106 Å². The number of hydrogen-bond donors (Lipinski definition) is 0. The van der Waals surface area contributed by atoms with E-state index in [0.717, 1.165) is 0 Å². The van der Waals surface area contributed by atoms with Crippen LogP contribution in [0.3, 0.4) is 0 Å².